The molecule has 4 heteroatoms. The Bertz CT molecular complexity index is 41.9. The number of hydrogen-bond donors (Lipinski definition) is 3. The summed E-state index contributed by atoms with van der Waals surface area (Å²) in [5.74, 6) is 4.57. The number of rotatable bonds is 3. The Labute approximate surface area is 42.2 Å². The van der Waals surface area contributed by atoms with Crippen molar-refractivity contribution in [3.05, 3.63) is 0 Å². The average Bonchev–Trinajstić information content (AvgIpc) is 1.68. The van der Waals surface area contributed by atoms with E-state index in [4.69, 9.17) is 5.11 Å². The second-order valence-corrected chi connectivity index (χ2v) is 1.15. The minimum absolute atomic E-state index is 0.358. The average molecular weight is 106 g/mol. The summed E-state index contributed by atoms with van der Waals surface area (Å²) in [4.78, 5) is 3.98. The molecule has 0 fully saturated rings. The van der Waals surface area contributed by atoms with Gasteiger partial charge in [-0.2, -0.15) is 0 Å². The van der Waals surface area contributed by atoms with Gasteiger partial charge in [0.1, 0.15) is 0 Å². The molecule has 7 heavy (non-hydrogen) atoms. The monoisotopic (exact) mass is 106 g/mol. The van der Waals surface area contributed by atoms with Crippen LogP contribution in [0.15, 0.2) is 0 Å². The van der Waals surface area contributed by atoms with E-state index < -0.39 is 6.29 Å². The topological polar surface area (TPSA) is 67.5 Å². The molecule has 0 heterocycles. The van der Waals surface area contributed by atoms with Gasteiger partial charge in [0.05, 0.1) is 0 Å². The third-order valence-electron chi connectivity index (χ3n) is 0.536. The molecule has 0 saturated heterocycles. The molecule has 0 amide bonds. The van der Waals surface area contributed by atoms with Gasteiger partial charge in [-0.25, -0.2) is 5.90 Å². The quantitative estimate of drug-likeness (QED) is 0.300. The Hall–Kier alpha value is -0.160. The molecule has 1 unspecified atom stereocenters. The second kappa shape index (κ2) is 4.01. The van der Waals surface area contributed by atoms with Gasteiger partial charge in [0.15, 0.2) is 6.29 Å². The largest absolute Gasteiger partial charge is 0.366 e. The fourth-order valence-corrected chi connectivity index (χ4v) is 0.223. The van der Waals surface area contributed by atoms with Crippen LogP contribution in [0.25, 0.3) is 0 Å². The van der Waals surface area contributed by atoms with Crippen molar-refractivity contribution in [3.8, 4) is 0 Å². The van der Waals surface area contributed by atoms with Crippen LogP contribution in [0.4, 0.5) is 0 Å². The third kappa shape index (κ3) is 3.68. The normalized spacial score (nSPS) is 14.1. The van der Waals surface area contributed by atoms with Gasteiger partial charge in [-0.15, -0.1) is 0 Å². The molecule has 44 valence electrons. The van der Waals surface area contributed by atoms with Crippen LogP contribution >= 0.6 is 0 Å². The number of aliphatic hydroxyl groups is 1. The van der Waals surface area contributed by atoms with Crippen LogP contribution in [0.3, 0.4) is 0 Å². The van der Waals surface area contributed by atoms with E-state index in [9.17, 15) is 0 Å². The minimum Gasteiger partial charge on any atom is -0.366 e. The van der Waals surface area contributed by atoms with Crippen LogP contribution in [0, 0.1) is 0 Å². The van der Waals surface area contributed by atoms with Crippen LogP contribution in [0.2, 0.25) is 0 Å². The van der Waals surface area contributed by atoms with Crippen LogP contribution < -0.4 is 11.2 Å². The molecule has 1 atom stereocenters. The Balaban J connectivity index is 2.83. The third-order valence-corrected chi connectivity index (χ3v) is 0.536. The van der Waals surface area contributed by atoms with E-state index in [1.54, 1.807) is 7.05 Å². The van der Waals surface area contributed by atoms with Crippen molar-refractivity contribution in [1.82, 2.24) is 5.32 Å². The van der Waals surface area contributed by atoms with Gasteiger partial charge < -0.3 is 10.4 Å². The van der Waals surface area contributed by atoms with Gasteiger partial charge in [0.2, 0.25) is 0 Å². The molecule has 0 aliphatic carbocycles. The van der Waals surface area contributed by atoms with Gasteiger partial charge >= 0.3 is 0 Å². The molecule has 0 rings (SSSR count). The number of likely N-dealkylation sites (N-methyl/N-ethyl adjacent to an activating group) is 1. The van der Waals surface area contributed by atoms with E-state index in [0.717, 1.165) is 0 Å². The highest BCUT2D eigenvalue weighted by molar-refractivity contribution is 4.38. The molecule has 0 saturated carbocycles. The maximum atomic E-state index is 8.45. The van der Waals surface area contributed by atoms with Crippen molar-refractivity contribution in [2.24, 2.45) is 5.90 Å². The first-order valence-corrected chi connectivity index (χ1v) is 1.99. The summed E-state index contributed by atoms with van der Waals surface area (Å²) < 4.78 is 0. The maximum absolute atomic E-state index is 8.45. The molecule has 0 aliphatic rings. The Morgan fingerprint density at radius 3 is 2.71 bits per heavy atom. The molecule has 0 aromatic carbocycles. The lowest BCUT2D eigenvalue weighted by atomic mass is 10.6. The van der Waals surface area contributed by atoms with Crippen LogP contribution in [-0.2, 0) is 4.84 Å². The summed E-state index contributed by atoms with van der Waals surface area (Å²) in [5.41, 5.74) is 0. The van der Waals surface area contributed by atoms with Crippen molar-refractivity contribution < 1.29 is 9.94 Å². The van der Waals surface area contributed by atoms with Crippen LogP contribution in [-0.4, -0.2) is 25.0 Å². The van der Waals surface area contributed by atoms with E-state index in [0.29, 0.717) is 6.54 Å². The SMILES string of the molecule is CNCC(O)ON. The van der Waals surface area contributed by atoms with Crippen molar-refractivity contribution in [3.63, 3.8) is 0 Å². The summed E-state index contributed by atoms with van der Waals surface area (Å²) in [6.45, 7) is 0.358. The smallest absolute Gasteiger partial charge is 0.186 e. The lowest BCUT2D eigenvalue weighted by Gasteiger charge is -2.03. The Morgan fingerprint density at radius 1 is 2.00 bits per heavy atom. The molecular formula is C3H10N2O2. The van der Waals surface area contributed by atoms with Gasteiger partial charge in [-0.1, -0.05) is 0 Å². The zero-order valence-corrected chi connectivity index (χ0v) is 4.22. The minimum atomic E-state index is -0.884. The number of hydrogen-bond acceptors (Lipinski definition) is 4. The van der Waals surface area contributed by atoms with Gasteiger partial charge in [0.25, 0.3) is 0 Å². The molecule has 0 bridgehead atoms. The van der Waals surface area contributed by atoms with E-state index in [-0.39, 0.29) is 0 Å². The number of nitrogens with two attached hydrogens (primary N) is 1. The number of aliphatic hydroxyl groups excluding tert-OH is 1. The first-order chi connectivity index (χ1) is 3.31. The zero-order valence-electron chi connectivity index (χ0n) is 4.22. The van der Waals surface area contributed by atoms with E-state index in [1.807, 2.05) is 0 Å². The van der Waals surface area contributed by atoms with E-state index in [2.05, 4.69) is 16.1 Å². The van der Waals surface area contributed by atoms with Crippen molar-refractivity contribution in [1.29, 1.82) is 0 Å². The second-order valence-electron chi connectivity index (χ2n) is 1.15. The summed E-state index contributed by atoms with van der Waals surface area (Å²) >= 11 is 0. The van der Waals surface area contributed by atoms with E-state index in [1.165, 1.54) is 0 Å². The molecule has 4 N–H and O–H groups in total. The molecule has 4 nitrogen and oxygen atoms in total. The summed E-state index contributed by atoms with van der Waals surface area (Å²) in [7, 11) is 1.70. The van der Waals surface area contributed by atoms with Crippen LogP contribution in [0.5, 0.6) is 0 Å². The molecule has 0 aromatic heterocycles. The lowest BCUT2D eigenvalue weighted by molar-refractivity contribution is -0.0975. The molecule has 0 aromatic rings. The highest BCUT2D eigenvalue weighted by Gasteiger charge is 1.95. The predicted molar refractivity (Wildman–Crippen MR) is 25.2 cm³/mol. The lowest BCUT2D eigenvalue weighted by Crippen LogP contribution is -2.28. The Morgan fingerprint density at radius 2 is 2.57 bits per heavy atom. The van der Waals surface area contributed by atoms with Gasteiger partial charge in [-0.05, 0) is 7.05 Å². The zero-order chi connectivity index (χ0) is 5.70. The first kappa shape index (κ1) is 6.84. The molecule has 0 spiro atoms. The first-order valence-electron chi connectivity index (χ1n) is 1.99. The fourth-order valence-electron chi connectivity index (χ4n) is 0.223. The van der Waals surface area contributed by atoms with E-state index >= 15 is 0 Å². The van der Waals surface area contributed by atoms with Crippen molar-refractivity contribution in [2.75, 3.05) is 13.6 Å². The standard InChI is InChI=1S/C3H10N2O2/c1-5-2-3(6)7-4/h3,5-6H,2,4H2,1H3. The fraction of sp³-hybridized carbons (Fsp3) is 1.00. The number of nitrogens with one attached hydrogen (secondary N) is 1. The van der Waals surface area contributed by atoms with Crippen molar-refractivity contribution in [2.45, 2.75) is 6.29 Å². The highest BCUT2D eigenvalue weighted by atomic mass is 16.7. The maximum Gasteiger partial charge on any atom is 0.186 e. The van der Waals surface area contributed by atoms with Crippen molar-refractivity contribution >= 4 is 0 Å². The van der Waals surface area contributed by atoms with Gasteiger partial charge in [-0.3, -0.25) is 4.84 Å². The Kier molecular flexibility index (Phi) is 3.92. The summed E-state index contributed by atoms with van der Waals surface area (Å²) in [6.07, 6.45) is -0.884. The predicted octanol–water partition coefficient (Wildman–Crippen LogP) is -1.59. The van der Waals surface area contributed by atoms with Gasteiger partial charge in [0, 0.05) is 6.54 Å². The molecule has 0 aliphatic heterocycles. The highest BCUT2D eigenvalue weighted by Crippen LogP contribution is 1.72. The summed E-state index contributed by atoms with van der Waals surface area (Å²) in [6, 6.07) is 0. The molecule has 0 radical (unpaired) electrons. The molecular weight excluding hydrogens is 96.0 g/mol. The van der Waals surface area contributed by atoms with Crippen LogP contribution in [0.1, 0.15) is 0 Å². The summed E-state index contributed by atoms with van der Waals surface area (Å²) in [5, 5.41) is 11.1.